The summed E-state index contributed by atoms with van der Waals surface area (Å²) >= 11 is 0. The van der Waals surface area contributed by atoms with Crippen LogP contribution in [0.2, 0.25) is 0 Å². The van der Waals surface area contributed by atoms with Crippen molar-refractivity contribution >= 4 is 17.5 Å². The molecule has 0 fully saturated rings. The van der Waals surface area contributed by atoms with E-state index < -0.39 is 11.7 Å². The molecule has 0 saturated heterocycles. The lowest BCUT2D eigenvalue weighted by molar-refractivity contribution is 0.102. The second-order valence-corrected chi connectivity index (χ2v) is 4.17. The van der Waals surface area contributed by atoms with Crippen molar-refractivity contribution in [3.63, 3.8) is 0 Å². The van der Waals surface area contributed by atoms with E-state index in [-0.39, 0.29) is 11.4 Å². The first-order chi connectivity index (χ1) is 9.61. The number of rotatable bonds is 4. The molecule has 0 aromatic carbocycles. The minimum absolute atomic E-state index is 0.0670. The summed E-state index contributed by atoms with van der Waals surface area (Å²) in [7, 11) is 0. The Morgan fingerprint density at radius 3 is 2.85 bits per heavy atom. The van der Waals surface area contributed by atoms with E-state index in [0.29, 0.717) is 12.4 Å². The summed E-state index contributed by atoms with van der Waals surface area (Å²) in [5.74, 6) is -0.768. The minimum Gasteiger partial charge on any atom is -0.368 e. The number of hydrogen-bond acceptors (Lipinski definition) is 4. The van der Waals surface area contributed by atoms with Gasteiger partial charge >= 0.3 is 0 Å². The van der Waals surface area contributed by atoms with Crippen LogP contribution in [0.25, 0.3) is 0 Å². The van der Waals surface area contributed by atoms with E-state index >= 15 is 0 Å². The average molecular weight is 274 g/mol. The Kier molecular flexibility index (Phi) is 4.24. The highest BCUT2D eigenvalue weighted by Gasteiger charge is 2.16. The predicted molar refractivity (Wildman–Crippen MR) is 75.3 cm³/mol. The molecule has 0 saturated carbocycles. The smallest absolute Gasteiger partial charge is 0.259 e. The molecule has 0 aliphatic carbocycles. The lowest BCUT2D eigenvalue weighted by Gasteiger charge is -2.09. The topological polar surface area (TPSA) is 66.9 Å². The summed E-state index contributed by atoms with van der Waals surface area (Å²) in [6.07, 6.45) is 1.39. The van der Waals surface area contributed by atoms with Gasteiger partial charge in [0.25, 0.3) is 5.91 Å². The zero-order chi connectivity index (χ0) is 14.5. The highest BCUT2D eigenvalue weighted by Crippen LogP contribution is 2.16. The zero-order valence-electron chi connectivity index (χ0n) is 11.3. The molecule has 20 heavy (non-hydrogen) atoms. The number of nitrogens with one attached hydrogen (secondary N) is 2. The first kappa shape index (κ1) is 13.9. The molecule has 0 aliphatic heterocycles. The molecule has 6 heteroatoms. The van der Waals surface area contributed by atoms with Gasteiger partial charge in [-0.05, 0) is 32.0 Å². The molecule has 0 spiro atoms. The molecule has 5 nitrogen and oxygen atoms in total. The van der Waals surface area contributed by atoms with E-state index in [4.69, 9.17) is 0 Å². The van der Waals surface area contributed by atoms with E-state index in [2.05, 4.69) is 20.6 Å². The molecule has 0 atom stereocenters. The molecular formula is C14H15FN4O. The highest BCUT2D eigenvalue weighted by atomic mass is 19.1. The van der Waals surface area contributed by atoms with Crippen LogP contribution in [-0.2, 0) is 0 Å². The highest BCUT2D eigenvalue weighted by molar-refractivity contribution is 6.04. The van der Waals surface area contributed by atoms with Crippen LogP contribution in [0.1, 0.15) is 23.0 Å². The van der Waals surface area contributed by atoms with Gasteiger partial charge in [-0.25, -0.2) is 14.4 Å². The Balaban J connectivity index is 2.23. The summed E-state index contributed by atoms with van der Waals surface area (Å²) in [5, 5.41) is 5.33. The van der Waals surface area contributed by atoms with Crippen LogP contribution in [0.5, 0.6) is 0 Å². The molecule has 2 aromatic rings. The molecule has 0 radical (unpaired) electrons. The van der Waals surface area contributed by atoms with Crippen LogP contribution < -0.4 is 10.6 Å². The molecule has 2 aromatic heterocycles. The third-order valence-corrected chi connectivity index (χ3v) is 2.61. The lowest BCUT2D eigenvalue weighted by atomic mass is 10.2. The fourth-order valence-corrected chi connectivity index (χ4v) is 1.71. The number of carbonyl (C=O) groups excluding carboxylic acids is 1. The Labute approximate surface area is 116 Å². The minimum atomic E-state index is -0.667. The van der Waals surface area contributed by atoms with Gasteiger partial charge in [0.05, 0.1) is 5.56 Å². The van der Waals surface area contributed by atoms with Gasteiger partial charge < -0.3 is 10.6 Å². The number of aryl methyl sites for hydroxylation is 1. The third-order valence-electron chi connectivity index (χ3n) is 2.61. The average Bonchev–Trinajstić information content (AvgIpc) is 2.41. The normalized spacial score (nSPS) is 10.2. The van der Waals surface area contributed by atoms with Gasteiger partial charge in [-0.1, -0.05) is 6.07 Å². The van der Waals surface area contributed by atoms with Crippen LogP contribution in [-0.4, -0.2) is 22.4 Å². The van der Waals surface area contributed by atoms with Crippen LogP contribution >= 0.6 is 0 Å². The molecule has 0 unspecified atom stereocenters. The number of amides is 1. The van der Waals surface area contributed by atoms with Crippen LogP contribution in [0.4, 0.5) is 16.0 Å². The second-order valence-electron chi connectivity index (χ2n) is 4.17. The maximum absolute atomic E-state index is 14.1. The molecule has 2 heterocycles. The number of aromatic nitrogens is 2. The fourth-order valence-electron chi connectivity index (χ4n) is 1.71. The van der Waals surface area contributed by atoms with Gasteiger partial charge in [-0.15, -0.1) is 0 Å². The van der Waals surface area contributed by atoms with Gasteiger partial charge in [0.1, 0.15) is 5.82 Å². The van der Waals surface area contributed by atoms with E-state index in [1.165, 1.54) is 12.3 Å². The number of nitrogens with zero attached hydrogens (tertiary/aromatic N) is 2. The number of halogens is 1. The molecule has 0 bridgehead atoms. The van der Waals surface area contributed by atoms with Crippen LogP contribution in [0.3, 0.4) is 0 Å². The van der Waals surface area contributed by atoms with Crippen molar-refractivity contribution < 1.29 is 9.18 Å². The summed E-state index contributed by atoms with van der Waals surface area (Å²) < 4.78 is 14.1. The SMILES string of the molecule is CCNc1nccc(C(=O)Nc2cccc(C)n2)c1F. The first-order valence-corrected chi connectivity index (χ1v) is 6.25. The Morgan fingerprint density at radius 1 is 1.35 bits per heavy atom. The van der Waals surface area contributed by atoms with Gasteiger partial charge in [-0.2, -0.15) is 0 Å². The molecule has 0 aliphatic rings. The zero-order valence-corrected chi connectivity index (χ0v) is 11.3. The summed E-state index contributed by atoms with van der Waals surface area (Å²) in [5.41, 5.74) is 0.700. The van der Waals surface area contributed by atoms with E-state index in [9.17, 15) is 9.18 Å². The summed E-state index contributed by atoms with van der Waals surface area (Å²) in [6, 6.07) is 6.56. The van der Waals surface area contributed by atoms with Gasteiger partial charge in [0, 0.05) is 18.4 Å². The fraction of sp³-hybridized carbons (Fsp3) is 0.214. The number of hydrogen-bond donors (Lipinski definition) is 2. The Bertz CT molecular complexity index is 630. The summed E-state index contributed by atoms with van der Waals surface area (Å²) in [6.45, 7) is 4.16. The monoisotopic (exact) mass is 274 g/mol. The third kappa shape index (κ3) is 3.09. The van der Waals surface area contributed by atoms with Crippen LogP contribution in [0, 0.1) is 12.7 Å². The second kappa shape index (κ2) is 6.10. The number of carbonyl (C=O) groups is 1. The van der Waals surface area contributed by atoms with Gasteiger partial charge in [-0.3, -0.25) is 4.79 Å². The van der Waals surface area contributed by atoms with Gasteiger partial charge in [0.15, 0.2) is 11.6 Å². The molecular weight excluding hydrogens is 259 g/mol. The molecule has 2 rings (SSSR count). The largest absolute Gasteiger partial charge is 0.368 e. The molecule has 2 N–H and O–H groups in total. The lowest BCUT2D eigenvalue weighted by Crippen LogP contribution is -2.16. The van der Waals surface area contributed by atoms with Crippen molar-refractivity contribution in [2.24, 2.45) is 0 Å². The summed E-state index contributed by atoms with van der Waals surface area (Å²) in [4.78, 5) is 20.0. The molecule has 1 amide bonds. The predicted octanol–water partition coefficient (Wildman–Crippen LogP) is 2.61. The van der Waals surface area contributed by atoms with Crippen molar-refractivity contribution in [2.75, 3.05) is 17.2 Å². The van der Waals surface area contributed by atoms with Crippen molar-refractivity contribution in [1.82, 2.24) is 9.97 Å². The standard InChI is InChI=1S/C14H15FN4O/c1-3-16-13-12(15)10(7-8-17-13)14(20)19-11-6-4-5-9(2)18-11/h4-8H,3H2,1-2H3,(H,16,17)(H,18,19,20). The van der Waals surface area contributed by atoms with Crippen molar-refractivity contribution in [2.45, 2.75) is 13.8 Å². The Morgan fingerprint density at radius 2 is 2.15 bits per heavy atom. The van der Waals surface area contributed by atoms with Crippen molar-refractivity contribution in [3.05, 3.63) is 47.5 Å². The van der Waals surface area contributed by atoms with Crippen LogP contribution in [0.15, 0.2) is 30.5 Å². The maximum atomic E-state index is 14.1. The number of pyridine rings is 2. The number of anilines is 2. The molecule has 104 valence electrons. The van der Waals surface area contributed by atoms with Gasteiger partial charge in [0.2, 0.25) is 0 Å². The van der Waals surface area contributed by atoms with Crippen molar-refractivity contribution in [1.29, 1.82) is 0 Å². The quantitative estimate of drug-likeness (QED) is 0.899. The van der Waals surface area contributed by atoms with E-state index in [1.807, 2.05) is 19.9 Å². The first-order valence-electron chi connectivity index (χ1n) is 6.25. The Hall–Kier alpha value is -2.50. The van der Waals surface area contributed by atoms with E-state index in [0.717, 1.165) is 5.69 Å². The van der Waals surface area contributed by atoms with Crippen molar-refractivity contribution in [3.8, 4) is 0 Å². The van der Waals surface area contributed by atoms with E-state index in [1.54, 1.807) is 12.1 Å². The maximum Gasteiger partial charge on any atom is 0.259 e.